The van der Waals surface area contributed by atoms with Gasteiger partial charge >= 0.3 is 5.97 Å². The third kappa shape index (κ3) is 3.44. The van der Waals surface area contributed by atoms with Crippen LogP contribution in [0.25, 0.3) is 0 Å². The van der Waals surface area contributed by atoms with E-state index in [4.69, 9.17) is 14.6 Å². The lowest BCUT2D eigenvalue weighted by Gasteiger charge is -2.46. The predicted octanol–water partition coefficient (Wildman–Crippen LogP) is 2.90. The zero-order valence-corrected chi connectivity index (χ0v) is 12.2. The van der Waals surface area contributed by atoms with E-state index in [2.05, 4.69) is 0 Å². The highest BCUT2D eigenvalue weighted by Crippen LogP contribution is 2.43. The van der Waals surface area contributed by atoms with Crippen LogP contribution in [0.15, 0.2) is 24.3 Å². The molecule has 0 aromatic heterocycles. The van der Waals surface area contributed by atoms with Gasteiger partial charge in [-0.25, -0.2) is 4.79 Å². The molecule has 1 aromatic rings. The van der Waals surface area contributed by atoms with Crippen molar-refractivity contribution in [2.45, 2.75) is 38.2 Å². The van der Waals surface area contributed by atoms with Gasteiger partial charge in [-0.1, -0.05) is 12.1 Å². The Bertz CT molecular complexity index is 472. The quantitative estimate of drug-likeness (QED) is 0.818. The standard InChI is InChI=1S/C17H22O4/c18-16(19)14-3-1-13(2-4-14)7-10-20-11-17-8-5-15(6-9-17)21-12-17/h1-4,15H,5-12H2,(H,18,19). The Hall–Kier alpha value is -1.39. The minimum atomic E-state index is -0.884. The summed E-state index contributed by atoms with van der Waals surface area (Å²) < 4.78 is 11.7. The van der Waals surface area contributed by atoms with Crippen molar-refractivity contribution >= 4 is 5.97 Å². The van der Waals surface area contributed by atoms with Gasteiger partial charge in [-0.3, -0.25) is 0 Å². The number of carboxylic acid groups (broad SMARTS) is 1. The number of rotatable bonds is 6. The number of hydrogen-bond acceptors (Lipinski definition) is 3. The third-order valence-electron chi connectivity index (χ3n) is 4.76. The highest BCUT2D eigenvalue weighted by Gasteiger charge is 2.41. The van der Waals surface area contributed by atoms with Crippen LogP contribution in [0.1, 0.15) is 41.6 Å². The number of ether oxygens (including phenoxy) is 2. The van der Waals surface area contributed by atoms with Gasteiger partial charge in [-0.05, 0) is 49.8 Å². The summed E-state index contributed by atoms with van der Waals surface area (Å²) in [7, 11) is 0. The number of fused-ring (bicyclic) bond motifs is 3. The number of hydrogen-bond donors (Lipinski definition) is 1. The van der Waals surface area contributed by atoms with Crippen molar-refractivity contribution in [3.8, 4) is 0 Å². The molecule has 4 heteroatoms. The van der Waals surface area contributed by atoms with Crippen molar-refractivity contribution < 1.29 is 19.4 Å². The van der Waals surface area contributed by atoms with Crippen LogP contribution in [0.4, 0.5) is 0 Å². The van der Waals surface area contributed by atoms with E-state index in [-0.39, 0.29) is 5.41 Å². The minimum Gasteiger partial charge on any atom is -0.478 e. The van der Waals surface area contributed by atoms with Crippen LogP contribution < -0.4 is 0 Å². The third-order valence-corrected chi connectivity index (χ3v) is 4.76. The first-order valence-electron chi connectivity index (χ1n) is 7.69. The molecule has 114 valence electrons. The average molecular weight is 290 g/mol. The topological polar surface area (TPSA) is 55.8 Å². The Labute approximate surface area is 125 Å². The van der Waals surface area contributed by atoms with E-state index in [1.54, 1.807) is 12.1 Å². The lowest BCUT2D eigenvalue weighted by molar-refractivity contribution is -0.141. The Morgan fingerprint density at radius 2 is 2.00 bits per heavy atom. The maximum Gasteiger partial charge on any atom is 0.335 e. The molecule has 2 aliphatic heterocycles. The van der Waals surface area contributed by atoms with Crippen molar-refractivity contribution in [2.24, 2.45) is 5.41 Å². The number of benzene rings is 1. The van der Waals surface area contributed by atoms with Gasteiger partial charge in [0, 0.05) is 5.41 Å². The highest BCUT2D eigenvalue weighted by atomic mass is 16.5. The molecule has 4 rings (SSSR count). The summed E-state index contributed by atoms with van der Waals surface area (Å²) in [6, 6.07) is 7.01. The van der Waals surface area contributed by atoms with Crippen LogP contribution in [0.2, 0.25) is 0 Å². The fraction of sp³-hybridized carbons (Fsp3) is 0.588. The molecule has 4 nitrogen and oxygen atoms in total. The Balaban J connectivity index is 1.42. The summed E-state index contributed by atoms with van der Waals surface area (Å²) in [6.45, 7) is 2.31. The maximum absolute atomic E-state index is 10.8. The first kappa shape index (κ1) is 14.5. The van der Waals surface area contributed by atoms with E-state index in [0.717, 1.165) is 25.2 Å². The van der Waals surface area contributed by atoms with Crippen LogP contribution in [0.3, 0.4) is 0 Å². The summed E-state index contributed by atoms with van der Waals surface area (Å²) in [5.74, 6) is -0.884. The fourth-order valence-corrected chi connectivity index (χ4v) is 3.29. The first-order chi connectivity index (χ1) is 10.2. The van der Waals surface area contributed by atoms with E-state index in [1.165, 1.54) is 25.7 Å². The smallest absolute Gasteiger partial charge is 0.335 e. The SMILES string of the molecule is O=C(O)c1ccc(CCOCC23CCC(CC2)OC3)cc1. The molecule has 2 bridgehead atoms. The summed E-state index contributed by atoms with van der Waals surface area (Å²) >= 11 is 0. The Morgan fingerprint density at radius 1 is 1.29 bits per heavy atom. The monoisotopic (exact) mass is 290 g/mol. The summed E-state index contributed by atoms with van der Waals surface area (Å²) in [5, 5.41) is 8.86. The van der Waals surface area contributed by atoms with Crippen molar-refractivity contribution in [3.05, 3.63) is 35.4 Å². The Morgan fingerprint density at radius 3 is 2.57 bits per heavy atom. The van der Waals surface area contributed by atoms with E-state index in [0.29, 0.717) is 18.3 Å². The number of carboxylic acids is 1. The molecular weight excluding hydrogens is 268 g/mol. The van der Waals surface area contributed by atoms with Gasteiger partial charge in [0.25, 0.3) is 0 Å². The molecule has 0 amide bonds. The normalized spacial score (nSPS) is 27.7. The van der Waals surface area contributed by atoms with Crippen LogP contribution in [-0.4, -0.2) is 37.0 Å². The lowest BCUT2D eigenvalue weighted by atomic mass is 9.72. The summed E-state index contributed by atoms with van der Waals surface area (Å²) in [5.41, 5.74) is 1.69. The molecule has 21 heavy (non-hydrogen) atoms. The molecule has 2 heterocycles. The van der Waals surface area contributed by atoms with Gasteiger partial charge in [0.15, 0.2) is 0 Å². The van der Waals surface area contributed by atoms with Crippen molar-refractivity contribution in [1.82, 2.24) is 0 Å². The molecule has 1 aromatic carbocycles. The maximum atomic E-state index is 10.8. The Kier molecular flexibility index (Phi) is 4.27. The largest absolute Gasteiger partial charge is 0.478 e. The second-order valence-corrected chi connectivity index (χ2v) is 6.32. The molecular formula is C17H22O4. The summed E-state index contributed by atoms with van der Waals surface area (Å²) in [6.07, 6.45) is 6.13. The first-order valence-corrected chi connectivity index (χ1v) is 7.69. The molecule has 1 N–H and O–H groups in total. The minimum absolute atomic E-state index is 0.252. The van der Waals surface area contributed by atoms with Crippen LogP contribution in [0, 0.1) is 5.41 Å². The average Bonchev–Trinajstić information content (AvgIpc) is 2.54. The molecule has 2 saturated heterocycles. The van der Waals surface area contributed by atoms with Gasteiger partial charge < -0.3 is 14.6 Å². The van der Waals surface area contributed by atoms with Gasteiger partial charge in [0.2, 0.25) is 0 Å². The van der Waals surface area contributed by atoms with Crippen LogP contribution in [0.5, 0.6) is 0 Å². The molecule has 0 radical (unpaired) electrons. The van der Waals surface area contributed by atoms with Gasteiger partial charge in [-0.15, -0.1) is 0 Å². The molecule has 1 saturated carbocycles. The molecule has 0 spiro atoms. The van der Waals surface area contributed by atoms with E-state index < -0.39 is 5.97 Å². The lowest BCUT2D eigenvalue weighted by Crippen LogP contribution is -2.45. The zero-order valence-electron chi connectivity index (χ0n) is 12.2. The van der Waals surface area contributed by atoms with Gasteiger partial charge in [-0.2, -0.15) is 0 Å². The number of carbonyl (C=O) groups is 1. The fourth-order valence-electron chi connectivity index (χ4n) is 3.29. The second-order valence-electron chi connectivity index (χ2n) is 6.32. The van der Waals surface area contributed by atoms with E-state index in [9.17, 15) is 4.79 Å². The molecule has 3 fully saturated rings. The molecule has 0 unspecified atom stereocenters. The van der Waals surface area contributed by atoms with Crippen molar-refractivity contribution in [1.29, 1.82) is 0 Å². The number of aromatic carboxylic acids is 1. The van der Waals surface area contributed by atoms with E-state index in [1.807, 2.05) is 12.1 Å². The second kappa shape index (κ2) is 6.16. The van der Waals surface area contributed by atoms with E-state index >= 15 is 0 Å². The van der Waals surface area contributed by atoms with Crippen LogP contribution >= 0.6 is 0 Å². The van der Waals surface area contributed by atoms with Crippen molar-refractivity contribution in [2.75, 3.05) is 19.8 Å². The highest BCUT2D eigenvalue weighted by molar-refractivity contribution is 5.87. The summed E-state index contributed by atoms with van der Waals surface area (Å²) in [4.78, 5) is 10.8. The predicted molar refractivity (Wildman–Crippen MR) is 78.6 cm³/mol. The van der Waals surface area contributed by atoms with Crippen molar-refractivity contribution in [3.63, 3.8) is 0 Å². The zero-order chi connectivity index (χ0) is 14.7. The molecule has 3 aliphatic rings. The van der Waals surface area contributed by atoms with Gasteiger partial charge in [0.1, 0.15) is 0 Å². The van der Waals surface area contributed by atoms with Crippen LogP contribution in [-0.2, 0) is 15.9 Å². The van der Waals surface area contributed by atoms with Gasteiger partial charge in [0.05, 0.1) is 31.5 Å². The molecule has 1 aliphatic carbocycles. The molecule has 0 atom stereocenters.